The van der Waals surface area contributed by atoms with Gasteiger partial charge in [0.2, 0.25) is 0 Å². The highest BCUT2D eigenvalue weighted by molar-refractivity contribution is 14.1. The van der Waals surface area contributed by atoms with Crippen LogP contribution in [0.3, 0.4) is 0 Å². The van der Waals surface area contributed by atoms with E-state index in [9.17, 15) is 21.6 Å². The molecule has 6 nitrogen and oxygen atoms in total. The Hall–Kier alpha value is -1.83. The first-order valence-electron chi connectivity index (χ1n) is 8.99. The summed E-state index contributed by atoms with van der Waals surface area (Å²) in [5.74, 6) is -3.22. The van der Waals surface area contributed by atoms with Gasteiger partial charge >= 0.3 is 10.2 Å². The average Bonchev–Trinajstić information content (AvgIpc) is 2.69. The number of nitrogens with zero attached hydrogens (tertiary/aromatic N) is 1. The maximum atomic E-state index is 14.5. The van der Waals surface area contributed by atoms with Crippen LogP contribution in [0.1, 0.15) is 6.92 Å². The predicted molar refractivity (Wildman–Crippen MR) is 122 cm³/mol. The molecule has 11 heteroatoms. The molecular weight excluding hydrogens is 532 g/mol. The lowest BCUT2D eigenvalue weighted by molar-refractivity contribution is 0.427. The molecule has 0 radical (unpaired) electrons. The summed E-state index contributed by atoms with van der Waals surface area (Å²) in [6, 6.07) is 6.00. The van der Waals surface area contributed by atoms with Crippen molar-refractivity contribution in [3.8, 4) is 0 Å². The summed E-state index contributed by atoms with van der Waals surface area (Å²) in [7, 11) is -4.08. The second-order valence-corrected chi connectivity index (χ2v) is 9.04. The van der Waals surface area contributed by atoms with Crippen molar-refractivity contribution >= 4 is 49.9 Å². The van der Waals surface area contributed by atoms with Crippen molar-refractivity contribution in [2.45, 2.75) is 6.92 Å². The molecule has 0 saturated heterocycles. The fraction of sp³-hybridized carbons (Fsp3) is 0.263. The van der Waals surface area contributed by atoms with Gasteiger partial charge in [-0.25, -0.2) is 13.2 Å². The predicted octanol–water partition coefficient (Wildman–Crippen LogP) is 4.21. The van der Waals surface area contributed by atoms with Gasteiger partial charge in [-0.15, -0.1) is 6.58 Å². The first kappa shape index (κ1) is 24.4. The number of benzene rings is 2. The van der Waals surface area contributed by atoms with Crippen LogP contribution < -0.4 is 15.4 Å². The Morgan fingerprint density at radius 3 is 2.47 bits per heavy atom. The largest absolute Gasteiger partial charge is 0.349 e. The molecule has 0 amide bonds. The first-order chi connectivity index (χ1) is 14.2. The minimum absolute atomic E-state index is 0.124. The maximum Gasteiger partial charge on any atom is 0.301 e. The summed E-state index contributed by atoms with van der Waals surface area (Å²) < 4.78 is 72.0. The molecular formula is C19H22F3IN4O2S. The fourth-order valence-corrected chi connectivity index (χ4v) is 4.24. The van der Waals surface area contributed by atoms with Crippen LogP contribution in [0.2, 0.25) is 0 Å². The Labute approximate surface area is 187 Å². The Bertz CT molecular complexity index is 1010. The fourth-order valence-electron chi connectivity index (χ4n) is 2.54. The van der Waals surface area contributed by atoms with Crippen molar-refractivity contribution in [3.63, 3.8) is 0 Å². The monoisotopic (exact) mass is 554 g/mol. The highest BCUT2D eigenvalue weighted by atomic mass is 127. The van der Waals surface area contributed by atoms with Crippen LogP contribution in [0.4, 0.5) is 30.2 Å². The SMILES string of the molecule is C=CCNCCN(CC)S(=O)(=O)Nc1ccc(F)c(F)c1Nc1ccc(I)cc1F. The summed E-state index contributed by atoms with van der Waals surface area (Å²) in [5.41, 5.74) is -0.884. The molecule has 0 heterocycles. The standard InChI is InChI=1S/C19H22F3IN4O2S/c1-3-9-24-10-11-27(4-2)30(28,29)26-17-8-6-14(20)18(22)19(17)25-16-7-5-13(23)12-15(16)21/h3,5-8,12,24-26H,1,4,9-11H2,2H3. The lowest BCUT2D eigenvalue weighted by Gasteiger charge is -2.23. The van der Waals surface area contributed by atoms with Gasteiger partial charge in [0.25, 0.3) is 0 Å². The van der Waals surface area contributed by atoms with E-state index in [1.165, 1.54) is 12.1 Å². The van der Waals surface area contributed by atoms with Gasteiger partial charge in [-0.3, -0.25) is 4.72 Å². The molecule has 30 heavy (non-hydrogen) atoms. The van der Waals surface area contributed by atoms with Crippen LogP contribution in [0.5, 0.6) is 0 Å². The number of hydrogen-bond donors (Lipinski definition) is 3. The van der Waals surface area contributed by atoms with E-state index in [-0.39, 0.29) is 24.5 Å². The highest BCUT2D eigenvalue weighted by Crippen LogP contribution is 2.32. The van der Waals surface area contributed by atoms with Crippen molar-refractivity contribution in [3.05, 3.63) is 64.0 Å². The molecule has 2 rings (SSSR count). The third kappa shape index (κ3) is 6.33. The maximum absolute atomic E-state index is 14.5. The summed E-state index contributed by atoms with van der Waals surface area (Å²) in [4.78, 5) is 0. The zero-order valence-electron chi connectivity index (χ0n) is 16.2. The topological polar surface area (TPSA) is 73.5 Å². The summed E-state index contributed by atoms with van der Waals surface area (Å²) in [6.45, 7) is 6.41. The van der Waals surface area contributed by atoms with Gasteiger partial charge in [0.1, 0.15) is 11.5 Å². The van der Waals surface area contributed by atoms with E-state index in [0.717, 1.165) is 16.4 Å². The quantitative estimate of drug-likeness (QED) is 0.221. The van der Waals surface area contributed by atoms with Gasteiger partial charge in [-0.05, 0) is 52.9 Å². The van der Waals surface area contributed by atoms with E-state index in [1.54, 1.807) is 19.1 Å². The molecule has 3 N–H and O–H groups in total. The summed E-state index contributed by atoms with van der Waals surface area (Å²) >= 11 is 1.91. The Morgan fingerprint density at radius 2 is 1.83 bits per heavy atom. The van der Waals surface area contributed by atoms with Gasteiger partial charge < -0.3 is 10.6 Å². The van der Waals surface area contributed by atoms with E-state index in [2.05, 4.69) is 21.9 Å². The molecule has 164 valence electrons. The van der Waals surface area contributed by atoms with E-state index in [4.69, 9.17) is 0 Å². The average molecular weight is 554 g/mol. The minimum atomic E-state index is -4.08. The normalized spacial score (nSPS) is 11.5. The molecule has 0 atom stereocenters. The van der Waals surface area contributed by atoms with Gasteiger partial charge in [-0.1, -0.05) is 13.0 Å². The molecule has 2 aromatic carbocycles. The van der Waals surface area contributed by atoms with Crippen LogP contribution in [-0.2, 0) is 10.2 Å². The van der Waals surface area contributed by atoms with E-state index in [0.29, 0.717) is 16.7 Å². The molecule has 0 unspecified atom stereocenters. The molecule has 0 fully saturated rings. The molecule has 0 saturated carbocycles. The summed E-state index contributed by atoms with van der Waals surface area (Å²) in [5, 5.41) is 5.45. The van der Waals surface area contributed by atoms with Crippen molar-refractivity contribution in [2.24, 2.45) is 0 Å². The van der Waals surface area contributed by atoms with E-state index >= 15 is 0 Å². The lowest BCUT2D eigenvalue weighted by atomic mass is 10.2. The molecule has 0 aliphatic carbocycles. The molecule has 0 aromatic heterocycles. The van der Waals surface area contributed by atoms with Gasteiger partial charge in [-0.2, -0.15) is 12.7 Å². The number of halogens is 4. The zero-order chi connectivity index (χ0) is 22.3. The van der Waals surface area contributed by atoms with Crippen molar-refractivity contribution in [1.82, 2.24) is 9.62 Å². The van der Waals surface area contributed by atoms with Crippen LogP contribution in [-0.4, -0.2) is 38.9 Å². The third-order valence-corrected chi connectivity index (χ3v) is 6.31. The van der Waals surface area contributed by atoms with Crippen LogP contribution >= 0.6 is 22.6 Å². The number of nitrogens with one attached hydrogen (secondary N) is 3. The number of anilines is 3. The zero-order valence-corrected chi connectivity index (χ0v) is 19.2. The second kappa shape index (κ2) is 11.0. The van der Waals surface area contributed by atoms with Gasteiger partial charge in [0.05, 0.1) is 11.4 Å². The lowest BCUT2D eigenvalue weighted by Crippen LogP contribution is -2.40. The summed E-state index contributed by atoms with van der Waals surface area (Å²) in [6.07, 6.45) is 1.64. The van der Waals surface area contributed by atoms with Gasteiger partial charge in [0.15, 0.2) is 11.6 Å². The molecule has 0 spiro atoms. The third-order valence-electron chi connectivity index (χ3n) is 4.04. The number of hydrogen-bond acceptors (Lipinski definition) is 4. The molecule has 0 bridgehead atoms. The van der Waals surface area contributed by atoms with Crippen LogP contribution in [0, 0.1) is 21.0 Å². The molecule has 2 aromatic rings. The molecule has 0 aliphatic rings. The van der Waals surface area contributed by atoms with Crippen molar-refractivity contribution in [1.29, 1.82) is 0 Å². The van der Waals surface area contributed by atoms with E-state index < -0.39 is 33.3 Å². The minimum Gasteiger partial charge on any atom is -0.349 e. The van der Waals surface area contributed by atoms with Crippen molar-refractivity contribution in [2.75, 3.05) is 36.2 Å². The Kier molecular flexibility index (Phi) is 8.94. The Morgan fingerprint density at radius 1 is 1.13 bits per heavy atom. The van der Waals surface area contributed by atoms with Crippen LogP contribution in [0.15, 0.2) is 43.0 Å². The van der Waals surface area contributed by atoms with Crippen molar-refractivity contribution < 1.29 is 21.6 Å². The van der Waals surface area contributed by atoms with Crippen LogP contribution in [0.25, 0.3) is 0 Å². The van der Waals surface area contributed by atoms with Gasteiger partial charge in [0, 0.05) is 29.7 Å². The molecule has 0 aliphatic heterocycles. The second-order valence-electron chi connectivity index (χ2n) is 6.12. The number of rotatable bonds is 11. The van der Waals surface area contributed by atoms with E-state index in [1.807, 2.05) is 22.6 Å². The number of likely N-dealkylation sites (N-methyl/N-ethyl adjacent to an activating group) is 1. The first-order valence-corrected chi connectivity index (χ1v) is 11.5. The highest BCUT2D eigenvalue weighted by Gasteiger charge is 2.24. The Balaban J connectivity index is 2.32. The smallest absolute Gasteiger partial charge is 0.301 e.